The van der Waals surface area contributed by atoms with E-state index in [-0.39, 0.29) is 5.56 Å². The van der Waals surface area contributed by atoms with Gasteiger partial charge in [-0.2, -0.15) is 18.3 Å². The first-order valence-electron chi connectivity index (χ1n) is 2.96. The molecule has 0 aliphatic carbocycles. The Hall–Kier alpha value is -1.00. The molecule has 0 aliphatic rings. The molecule has 1 aromatic heterocycles. The largest absolute Gasteiger partial charge is 0.435 e. The van der Waals surface area contributed by atoms with Crippen LogP contribution < -0.4 is 0 Å². The van der Waals surface area contributed by atoms with Gasteiger partial charge in [0, 0.05) is 11.8 Å². The minimum atomic E-state index is -4.36. The Kier molecular flexibility index (Phi) is 1.89. The number of nitrogens with zero attached hydrogens (tertiary/aromatic N) is 1. The van der Waals surface area contributed by atoms with E-state index >= 15 is 0 Å². The van der Waals surface area contributed by atoms with E-state index in [2.05, 4.69) is 10.2 Å². The van der Waals surface area contributed by atoms with E-state index in [1.165, 1.54) is 19.5 Å². The molecule has 0 amide bonds. The second-order valence-corrected chi connectivity index (χ2v) is 1.98. The summed E-state index contributed by atoms with van der Waals surface area (Å²) in [5.41, 5.74) is -0.780. The van der Waals surface area contributed by atoms with Crippen LogP contribution in [0.4, 0.5) is 13.2 Å². The highest BCUT2D eigenvalue weighted by molar-refractivity contribution is 5.25. The summed E-state index contributed by atoms with van der Waals surface area (Å²) in [6.07, 6.45) is -1.79. The van der Waals surface area contributed by atoms with Crippen molar-refractivity contribution in [3.8, 4) is 0 Å². The summed E-state index contributed by atoms with van der Waals surface area (Å²) >= 11 is 0. The van der Waals surface area contributed by atoms with Crippen molar-refractivity contribution < 1.29 is 13.2 Å². The highest BCUT2D eigenvalue weighted by atomic mass is 19.4. The molecule has 1 aromatic rings. The summed E-state index contributed by atoms with van der Waals surface area (Å²) in [6.45, 7) is 1.53. The minimum absolute atomic E-state index is 0.0810. The van der Waals surface area contributed by atoms with E-state index < -0.39 is 11.9 Å². The molecule has 11 heavy (non-hydrogen) atoms. The van der Waals surface area contributed by atoms with Gasteiger partial charge in [0.05, 0.1) is 0 Å². The van der Waals surface area contributed by atoms with Crippen molar-refractivity contribution in [3.63, 3.8) is 0 Å². The van der Waals surface area contributed by atoms with Crippen LogP contribution in [0.3, 0.4) is 0 Å². The van der Waals surface area contributed by atoms with E-state index in [1.54, 1.807) is 0 Å². The van der Waals surface area contributed by atoms with E-state index in [4.69, 9.17) is 0 Å². The van der Waals surface area contributed by atoms with Crippen LogP contribution in [0, 0.1) is 6.42 Å². The minimum Gasteiger partial charge on any atom is -0.285 e. The van der Waals surface area contributed by atoms with Crippen LogP contribution in [-0.2, 0) is 6.18 Å². The topological polar surface area (TPSA) is 28.7 Å². The van der Waals surface area contributed by atoms with Crippen LogP contribution in [0.1, 0.15) is 18.2 Å². The van der Waals surface area contributed by atoms with Crippen molar-refractivity contribution in [2.24, 2.45) is 0 Å². The summed E-state index contributed by atoms with van der Waals surface area (Å²) in [6, 6.07) is 0. The van der Waals surface area contributed by atoms with Gasteiger partial charge in [-0.05, 0) is 6.42 Å². The van der Waals surface area contributed by atoms with Crippen LogP contribution in [0.15, 0.2) is 6.20 Å². The number of hydrogen-bond acceptors (Lipinski definition) is 1. The fourth-order valence-electron chi connectivity index (χ4n) is 0.746. The van der Waals surface area contributed by atoms with Crippen LogP contribution in [0.5, 0.6) is 0 Å². The van der Waals surface area contributed by atoms with Crippen LogP contribution in [0.2, 0.25) is 0 Å². The maximum absolute atomic E-state index is 12.0. The quantitative estimate of drug-likeness (QED) is 0.673. The summed E-state index contributed by atoms with van der Waals surface area (Å²) in [5, 5.41) is 5.23. The Morgan fingerprint density at radius 2 is 2.18 bits per heavy atom. The number of aromatic nitrogens is 2. The standard InChI is InChI=1S/C6H6F3N2/c1-2-4-3-10-11-5(4)6(7,8)9/h2-3H,1H3,(H,10,11). The molecule has 2 nitrogen and oxygen atoms in total. The van der Waals surface area contributed by atoms with Gasteiger partial charge < -0.3 is 0 Å². The lowest BCUT2D eigenvalue weighted by Gasteiger charge is -2.02. The SMILES string of the molecule is C[CH]c1c[nH]nc1C(F)(F)F. The zero-order valence-electron chi connectivity index (χ0n) is 5.74. The maximum Gasteiger partial charge on any atom is 0.435 e. The highest BCUT2D eigenvalue weighted by Gasteiger charge is 2.35. The van der Waals surface area contributed by atoms with Crippen LogP contribution >= 0.6 is 0 Å². The van der Waals surface area contributed by atoms with Gasteiger partial charge in [-0.25, -0.2) is 0 Å². The van der Waals surface area contributed by atoms with Crippen LogP contribution in [0.25, 0.3) is 0 Å². The molecule has 61 valence electrons. The van der Waals surface area contributed by atoms with E-state index in [0.29, 0.717) is 0 Å². The molecule has 5 heteroatoms. The molecular weight excluding hydrogens is 157 g/mol. The first-order valence-corrected chi connectivity index (χ1v) is 2.96. The Bertz CT molecular complexity index is 238. The third-order valence-corrected chi connectivity index (χ3v) is 1.25. The zero-order chi connectivity index (χ0) is 8.48. The van der Waals surface area contributed by atoms with Crippen molar-refractivity contribution in [2.75, 3.05) is 0 Å². The average molecular weight is 163 g/mol. The first kappa shape index (κ1) is 8.10. The fraction of sp³-hybridized carbons (Fsp3) is 0.333. The molecule has 0 aromatic carbocycles. The monoisotopic (exact) mass is 163 g/mol. The number of nitrogens with one attached hydrogen (secondary N) is 1. The lowest BCUT2D eigenvalue weighted by molar-refractivity contribution is -0.141. The predicted molar refractivity (Wildman–Crippen MR) is 32.7 cm³/mol. The number of halogens is 3. The van der Waals surface area contributed by atoms with Crippen molar-refractivity contribution in [2.45, 2.75) is 13.1 Å². The third-order valence-electron chi connectivity index (χ3n) is 1.25. The summed E-state index contributed by atoms with van der Waals surface area (Å²) in [5.74, 6) is 0. The van der Waals surface area contributed by atoms with Crippen molar-refractivity contribution >= 4 is 0 Å². The lowest BCUT2D eigenvalue weighted by Crippen LogP contribution is -2.07. The van der Waals surface area contributed by atoms with Gasteiger partial charge in [0.25, 0.3) is 0 Å². The fourth-order valence-corrected chi connectivity index (χ4v) is 0.746. The number of H-pyrrole nitrogens is 1. The Morgan fingerprint density at radius 3 is 2.55 bits per heavy atom. The number of hydrogen-bond donors (Lipinski definition) is 1. The van der Waals surface area contributed by atoms with Crippen molar-refractivity contribution in [1.82, 2.24) is 10.2 Å². The second kappa shape index (κ2) is 2.56. The molecule has 0 saturated carbocycles. The second-order valence-electron chi connectivity index (χ2n) is 1.98. The Balaban J connectivity index is 3.02. The average Bonchev–Trinajstić information content (AvgIpc) is 2.31. The Morgan fingerprint density at radius 1 is 1.55 bits per heavy atom. The van der Waals surface area contributed by atoms with E-state index in [1.807, 2.05) is 0 Å². The van der Waals surface area contributed by atoms with Crippen molar-refractivity contribution in [3.05, 3.63) is 23.9 Å². The molecule has 0 spiro atoms. The number of rotatable bonds is 1. The smallest absolute Gasteiger partial charge is 0.285 e. The van der Waals surface area contributed by atoms with Gasteiger partial charge >= 0.3 is 6.18 Å². The molecule has 0 saturated heterocycles. The van der Waals surface area contributed by atoms with Crippen LogP contribution in [-0.4, -0.2) is 10.2 Å². The van der Waals surface area contributed by atoms with Gasteiger partial charge in [0.1, 0.15) is 0 Å². The van der Waals surface area contributed by atoms with Gasteiger partial charge in [0.15, 0.2) is 5.69 Å². The molecule has 1 N–H and O–H groups in total. The van der Waals surface area contributed by atoms with Crippen molar-refractivity contribution in [1.29, 1.82) is 0 Å². The normalized spacial score (nSPS) is 12.0. The van der Waals surface area contributed by atoms with E-state index in [0.717, 1.165) is 0 Å². The van der Waals surface area contributed by atoms with Gasteiger partial charge in [-0.15, -0.1) is 0 Å². The molecule has 1 rings (SSSR count). The van der Waals surface area contributed by atoms with Gasteiger partial charge in [-0.3, -0.25) is 5.10 Å². The van der Waals surface area contributed by atoms with Gasteiger partial charge in [0.2, 0.25) is 0 Å². The maximum atomic E-state index is 12.0. The van der Waals surface area contributed by atoms with Gasteiger partial charge in [-0.1, -0.05) is 6.92 Å². The molecule has 0 aliphatic heterocycles. The summed E-state index contributed by atoms with van der Waals surface area (Å²) < 4.78 is 35.9. The molecule has 0 atom stereocenters. The predicted octanol–water partition coefficient (Wildman–Crippen LogP) is 2.00. The number of alkyl halides is 3. The molecule has 0 unspecified atom stereocenters. The number of aromatic amines is 1. The zero-order valence-corrected chi connectivity index (χ0v) is 5.74. The Labute approximate surface area is 61.4 Å². The lowest BCUT2D eigenvalue weighted by atomic mass is 10.2. The van der Waals surface area contributed by atoms with E-state index in [9.17, 15) is 13.2 Å². The highest BCUT2D eigenvalue weighted by Crippen LogP contribution is 2.30. The molecule has 0 fully saturated rings. The summed E-state index contributed by atoms with van der Waals surface area (Å²) in [4.78, 5) is 0. The molecule has 1 radical (unpaired) electrons. The molecule has 0 bridgehead atoms. The molecular formula is C6H6F3N2. The summed E-state index contributed by atoms with van der Waals surface area (Å²) in [7, 11) is 0. The third kappa shape index (κ3) is 1.53. The first-order chi connectivity index (χ1) is 5.05. The molecule has 1 heterocycles.